The van der Waals surface area contributed by atoms with Crippen molar-refractivity contribution in [2.45, 2.75) is 13.0 Å². The lowest BCUT2D eigenvalue weighted by Gasteiger charge is -2.25. The number of carbonyl (C=O) groups excluding carboxylic acids is 1. The van der Waals surface area contributed by atoms with Gasteiger partial charge >= 0.3 is 10.2 Å². The summed E-state index contributed by atoms with van der Waals surface area (Å²) in [6, 6.07) is 4.58. The van der Waals surface area contributed by atoms with Crippen molar-refractivity contribution in [3.05, 3.63) is 35.5 Å². The number of methoxy groups -OCH3 is 3. The fraction of sp³-hybridized carbons (Fsp3) is 0.412. The summed E-state index contributed by atoms with van der Waals surface area (Å²) in [7, 11) is 1.71. The molecule has 1 unspecified atom stereocenters. The molecule has 1 aliphatic heterocycles. The van der Waals surface area contributed by atoms with Crippen LogP contribution in [-0.4, -0.2) is 65.4 Å². The van der Waals surface area contributed by atoms with Crippen molar-refractivity contribution < 1.29 is 27.4 Å². The Morgan fingerprint density at radius 2 is 1.89 bits per heavy atom. The normalized spacial score (nSPS) is 16.9. The molecule has 0 saturated carbocycles. The van der Waals surface area contributed by atoms with Gasteiger partial charge in [-0.1, -0.05) is 0 Å². The van der Waals surface area contributed by atoms with Gasteiger partial charge < -0.3 is 19.5 Å². The molecule has 1 N–H and O–H groups in total. The van der Waals surface area contributed by atoms with E-state index < -0.39 is 16.1 Å². The topological polar surface area (TPSA) is 107 Å². The Kier molecular flexibility index (Phi) is 6.45. The Morgan fingerprint density at radius 3 is 2.48 bits per heavy atom. The van der Waals surface area contributed by atoms with Crippen molar-refractivity contribution in [2.24, 2.45) is 4.40 Å². The van der Waals surface area contributed by atoms with Gasteiger partial charge in [-0.15, -0.1) is 4.40 Å². The quantitative estimate of drug-likeness (QED) is 0.727. The van der Waals surface area contributed by atoms with Gasteiger partial charge in [0.25, 0.3) is 5.91 Å². The molecule has 1 heterocycles. The van der Waals surface area contributed by atoms with Crippen LogP contribution in [-0.2, 0) is 19.7 Å². The summed E-state index contributed by atoms with van der Waals surface area (Å²) in [5.41, 5.74) is 0.552. The number of carbonyl (C=O) groups is 1. The molecule has 2 rings (SSSR count). The van der Waals surface area contributed by atoms with Crippen molar-refractivity contribution in [3.8, 4) is 11.5 Å². The molecule has 27 heavy (non-hydrogen) atoms. The molecular formula is C17H23N3O6S. The fourth-order valence-corrected chi connectivity index (χ4v) is 3.40. The largest absolute Gasteiger partial charge is 0.493 e. The molecule has 0 saturated heterocycles. The first kappa shape index (κ1) is 20.7. The Balaban J connectivity index is 2.44. The summed E-state index contributed by atoms with van der Waals surface area (Å²) in [4.78, 5) is 12.5. The van der Waals surface area contributed by atoms with E-state index in [0.29, 0.717) is 23.7 Å². The molecule has 148 valence electrons. The molecule has 1 aliphatic rings. The minimum absolute atomic E-state index is 0.0438. The van der Waals surface area contributed by atoms with Gasteiger partial charge in [0.05, 0.1) is 26.5 Å². The van der Waals surface area contributed by atoms with Crippen LogP contribution in [0.15, 0.2) is 34.4 Å². The third-order valence-corrected chi connectivity index (χ3v) is 5.19. The third kappa shape index (κ3) is 4.58. The summed E-state index contributed by atoms with van der Waals surface area (Å²) >= 11 is 0. The molecule has 0 aliphatic carbocycles. The number of hydrogen-bond acceptors (Lipinski definition) is 6. The van der Waals surface area contributed by atoms with Crippen molar-refractivity contribution in [1.29, 1.82) is 0 Å². The van der Waals surface area contributed by atoms with E-state index in [4.69, 9.17) is 14.2 Å². The van der Waals surface area contributed by atoms with Crippen LogP contribution in [0.5, 0.6) is 11.5 Å². The van der Waals surface area contributed by atoms with Gasteiger partial charge in [0.15, 0.2) is 11.5 Å². The minimum atomic E-state index is -4.05. The molecule has 0 aromatic heterocycles. The van der Waals surface area contributed by atoms with Crippen molar-refractivity contribution in [1.82, 2.24) is 9.62 Å². The zero-order chi connectivity index (χ0) is 20.2. The molecule has 0 fully saturated rings. The first-order valence-electron chi connectivity index (χ1n) is 8.06. The van der Waals surface area contributed by atoms with Gasteiger partial charge in [0.1, 0.15) is 5.70 Å². The number of rotatable bonds is 7. The maximum atomic E-state index is 12.5. The molecule has 1 aromatic rings. The van der Waals surface area contributed by atoms with Crippen LogP contribution < -0.4 is 14.8 Å². The highest BCUT2D eigenvalue weighted by Gasteiger charge is 2.30. The van der Waals surface area contributed by atoms with E-state index in [1.807, 2.05) is 0 Å². The number of ether oxygens (including phenoxy) is 3. The van der Waals surface area contributed by atoms with Gasteiger partial charge in [-0.3, -0.25) is 4.79 Å². The minimum Gasteiger partial charge on any atom is -0.493 e. The number of amides is 1. The SMILES string of the molecule is COCC(C)NC(=O)C1=CC(c2ccc(OC)c(OC)c2)=NS(=O)(=O)N1C. The molecule has 10 heteroatoms. The molecule has 0 spiro atoms. The highest BCUT2D eigenvalue weighted by molar-refractivity contribution is 7.88. The predicted octanol–water partition coefficient (Wildman–Crippen LogP) is 0.718. The van der Waals surface area contributed by atoms with E-state index in [2.05, 4.69) is 9.71 Å². The second-order valence-corrected chi connectivity index (χ2v) is 7.48. The summed E-state index contributed by atoms with van der Waals surface area (Å²) in [5, 5.41) is 2.69. The fourth-order valence-electron chi connectivity index (χ4n) is 2.49. The Labute approximate surface area is 158 Å². The number of hydrogen-bond donors (Lipinski definition) is 1. The number of likely N-dealkylation sites (N-methyl/N-ethyl adjacent to an activating group) is 1. The van der Waals surface area contributed by atoms with E-state index in [-0.39, 0.29) is 17.5 Å². The predicted molar refractivity (Wildman–Crippen MR) is 100 cm³/mol. The smallest absolute Gasteiger partial charge is 0.345 e. The molecule has 0 bridgehead atoms. The first-order chi connectivity index (χ1) is 12.7. The zero-order valence-electron chi connectivity index (χ0n) is 15.8. The summed E-state index contributed by atoms with van der Waals surface area (Å²) < 4.78 is 44.8. The van der Waals surface area contributed by atoms with Crippen LogP contribution in [0.2, 0.25) is 0 Å². The van der Waals surface area contributed by atoms with E-state index in [1.54, 1.807) is 25.1 Å². The Morgan fingerprint density at radius 1 is 1.22 bits per heavy atom. The highest BCUT2D eigenvalue weighted by atomic mass is 32.2. The van der Waals surface area contributed by atoms with E-state index in [1.165, 1.54) is 34.5 Å². The average molecular weight is 397 g/mol. The standard InChI is InChI=1S/C17H23N3O6S/c1-11(10-24-3)18-17(21)14-9-13(19-27(22,23)20(14)2)12-6-7-15(25-4)16(8-12)26-5/h6-9,11H,10H2,1-5H3,(H,18,21). The maximum absolute atomic E-state index is 12.5. The lowest BCUT2D eigenvalue weighted by Crippen LogP contribution is -2.42. The molecule has 1 amide bonds. The number of benzene rings is 1. The molecule has 9 nitrogen and oxygen atoms in total. The van der Waals surface area contributed by atoms with E-state index in [9.17, 15) is 13.2 Å². The van der Waals surface area contributed by atoms with Gasteiger partial charge in [0.2, 0.25) is 0 Å². The average Bonchev–Trinajstić information content (AvgIpc) is 2.63. The lowest BCUT2D eigenvalue weighted by molar-refractivity contribution is -0.119. The van der Waals surface area contributed by atoms with Crippen LogP contribution in [0.1, 0.15) is 12.5 Å². The van der Waals surface area contributed by atoms with Crippen LogP contribution in [0.3, 0.4) is 0 Å². The second kappa shape index (κ2) is 8.40. The molecule has 1 aromatic carbocycles. The van der Waals surface area contributed by atoms with Gasteiger partial charge in [0, 0.05) is 25.8 Å². The maximum Gasteiger partial charge on any atom is 0.345 e. The van der Waals surface area contributed by atoms with Crippen molar-refractivity contribution >= 4 is 21.8 Å². The van der Waals surface area contributed by atoms with Gasteiger partial charge in [-0.2, -0.15) is 8.42 Å². The summed E-state index contributed by atoms with van der Waals surface area (Å²) in [6.45, 7) is 2.05. The highest BCUT2D eigenvalue weighted by Crippen LogP contribution is 2.29. The van der Waals surface area contributed by atoms with Crippen LogP contribution in [0.25, 0.3) is 0 Å². The van der Waals surface area contributed by atoms with Crippen molar-refractivity contribution in [3.63, 3.8) is 0 Å². The monoisotopic (exact) mass is 397 g/mol. The second-order valence-electron chi connectivity index (χ2n) is 5.85. The summed E-state index contributed by atoms with van der Waals surface area (Å²) in [5.74, 6) is 0.369. The molecule has 1 atom stereocenters. The zero-order valence-corrected chi connectivity index (χ0v) is 16.7. The molecule has 0 radical (unpaired) electrons. The Hall–Kier alpha value is -2.59. The number of nitrogens with one attached hydrogen (secondary N) is 1. The lowest BCUT2D eigenvalue weighted by atomic mass is 10.1. The summed E-state index contributed by atoms with van der Waals surface area (Å²) in [6.07, 6.45) is 1.41. The van der Waals surface area contributed by atoms with Crippen LogP contribution >= 0.6 is 0 Å². The Bertz CT molecular complexity index is 879. The van der Waals surface area contributed by atoms with Crippen LogP contribution in [0, 0.1) is 0 Å². The van der Waals surface area contributed by atoms with E-state index in [0.717, 1.165) is 4.31 Å². The third-order valence-electron chi connectivity index (χ3n) is 3.88. The van der Waals surface area contributed by atoms with Gasteiger partial charge in [-0.25, -0.2) is 4.31 Å². The van der Waals surface area contributed by atoms with Gasteiger partial charge in [-0.05, 0) is 31.2 Å². The number of allylic oxidation sites excluding steroid dienone is 1. The first-order valence-corrected chi connectivity index (χ1v) is 9.46. The van der Waals surface area contributed by atoms with E-state index >= 15 is 0 Å². The molecular weight excluding hydrogens is 374 g/mol. The van der Waals surface area contributed by atoms with Crippen molar-refractivity contribution in [2.75, 3.05) is 35.0 Å². The number of nitrogens with zero attached hydrogens (tertiary/aromatic N) is 2. The van der Waals surface area contributed by atoms with Crippen LogP contribution in [0.4, 0.5) is 0 Å².